The number of nitrogens with zero attached hydrogens (tertiary/aromatic N) is 1. The van der Waals surface area contributed by atoms with Crippen LogP contribution in [0.5, 0.6) is 0 Å². The van der Waals surface area contributed by atoms with E-state index in [4.69, 9.17) is 5.73 Å². The first kappa shape index (κ1) is 10.1. The van der Waals surface area contributed by atoms with E-state index >= 15 is 0 Å². The highest BCUT2D eigenvalue weighted by atomic mass is 15.1. The van der Waals surface area contributed by atoms with Crippen LogP contribution in [0.2, 0.25) is 0 Å². The largest absolute Gasteiger partial charge is 0.372 e. The molecule has 2 heteroatoms. The summed E-state index contributed by atoms with van der Waals surface area (Å²) in [7, 11) is 0. The van der Waals surface area contributed by atoms with Gasteiger partial charge in [0.15, 0.2) is 0 Å². The van der Waals surface area contributed by atoms with Crippen molar-refractivity contribution >= 4 is 5.69 Å². The fraction of sp³-hybridized carbons (Fsp3) is 0.455. The fourth-order valence-corrected chi connectivity index (χ4v) is 1.43. The van der Waals surface area contributed by atoms with E-state index in [9.17, 15) is 0 Å². The standard InChI is InChI=1S/C11H18N2/c1-3-13(4-2)11-7-5-10(9-12)6-8-11/h5-8H,3-4,9,12H2,1-2H3. The van der Waals surface area contributed by atoms with Gasteiger partial charge in [-0.3, -0.25) is 0 Å². The second-order valence-corrected chi connectivity index (χ2v) is 3.04. The van der Waals surface area contributed by atoms with E-state index < -0.39 is 0 Å². The lowest BCUT2D eigenvalue weighted by molar-refractivity contribution is 0.865. The third-order valence-electron chi connectivity index (χ3n) is 2.30. The molecule has 0 fully saturated rings. The molecule has 0 bridgehead atoms. The SMILES string of the molecule is CCN(CC)c1ccc(CN)cc1. The highest BCUT2D eigenvalue weighted by Crippen LogP contribution is 2.14. The zero-order valence-electron chi connectivity index (χ0n) is 8.46. The molecular formula is C11H18N2. The number of rotatable bonds is 4. The molecule has 0 aliphatic rings. The van der Waals surface area contributed by atoms with Crippen molar-refractivity contribution in [2.24, 2.45) is 5.73 Å². The summed E-state index contributed by atoms with van der Waals surface area (Å²) in [5.41, 5.74) is 8.00. The number of nitrogens with two attached hydrogens (primary N) is 1. The van der Waals surface area contributed by atoms with Crippen LogP contribution in [-0.4, -0.2) is 13.1 Å². The number of anilines is 1. The predicted octanol–water partition coefficient (Wildman–Crippen LogP) is 1.99. The van der Waals surface area contributed by atoms with E-state index in [2.05, 4.69) is 43.0 Å². The van der Waals surface area contributed by atoms with Gasteiger partial charge in [-0.2, -0.15) is 0 Å². The van der Waals surface area contributed by atoms with Gasteiger partial charge in [0.2, 0.25) is 0 Å². The average Bonchev–Trinajstić information content (AvgIpc) is 2.21. The molecule has 1 rings (SSSR count). The zero-order chi connectivity index (χ0) is 9.68. The van der Waals surface area contributed by atoms with Gasteiger partial charge in [0.05, 0.1) is 0 Å². The number of benzene rings is 1. The Morgan fingerprint density at radius 2 is 1.62 bits per heavy atom. The van der Waals surface area contributed by atoms with E-state index in [-0.39, 0.29) is 0 Å². The quantitative estimate of drug-likeness (QED) is 0.764. The van der Waals surface area contributed by atoms with Crippen molar-refractivity contribution in [1.82, 2.24) is 0 Å². The molecule has 0 amide bonds. The first-order chi connectivity index (χ1) is 6.31. The Morgan fingerprint density at radius 1 is 1.08 bits per heavy atom. The van der Waals surface area contributed by atoms with E-state index in [0.29, 0.717) is 6.54 Å². The van der Waals surface area contributed by atoms with Crippen LogP contribution in [-0.2, 0) is 6.54 Å². The zero-order valence-corrected chi connectivity index (χ0v) is 8.46. The molecule has 0 spiro atoms. The normalized spacial score (nSPS) is 10.1. The van der Waals surface area contributed by atoms with Gasteiger partial charge in [-0.25, -0.2) is 0 Å². The lowest BCUT2D eigenvalue weighted by atomic mass is 10.2. The smallest absolute Gasteiger partial charge is 0.0366 e. The van der Waals surface area contributed by atoms with E-state index in [1.54, 1.807) is 0 Å². The van der Waals surface area contributed by atoms with Crippen LogP contribution in [0.15, 0.2) is 24.3 Å². The van der Waals surface area contributed by atoms with Crippen molar-refractivity contribution in [3.63, 3.8) is 0 Å². The van der Waals surface area contributed by atoms with Crippen LogP contribution in [0.25, 0.3) is 0 Å². The molecule has 0 aliphatic heterocycles. The van der Waals surface area contributed by atoms with Gasteiger partial charge < -0.3 is 10.6 Å². The summed E-state index contributed by atoms with van der Waals surface area (Å²) >= 11 is 0. The van der Waals surface area contributed by atoms with Gasteiger partial charge in [0, 0.05) is 25.3 Å². The van der Waals surface area contributed by atoms with Gasteiger partial charge in [0.25, 0.3) is 0 Å². The third kappa shape index (κ3) is 2.46. The molecule has 13 heavy (non-hydrogen) atoms. The maximum atomic E-state index is 5.53. The van der Waals surface area contributed by atoms with Crippen LogP contribution in [0.3, 0.4) is 0 Å². The Balaban J connectivity index is 2.78. The molecule has 72 valence electrons. The molecule has 0 aromatic heterocycles. The summed E-state index contributed by atoms with van der Waals surface area (Å²) in [5, 5.41) is 0. The minimum absolute atomic E-state index is 0.624. The fourth-order valence-electron chi connectivity index (χ4n) is 1.43. The predicted molar refractivity (Wildman–Crippen MR) is 57.9 cm³/mol. The molecule has 0 heterocycles. The molecule has 0 unspecified atom stereocenters. The summed E-state index contributed by atoms with van der Waals surface area (Å²) in [6, 6.07) is 8.45. The monoisotopic (exact) mass is 178 g/mol. The Kier molecular flexibility index (Phi) is 3.77. The van der Waals surface area contributed by atoms with Crippen molar-refractivity contribution in [3.05, 3.63) is 29.8 Å². The van der Waals surface area contributed by atoms with Gasteiger partial charge in [-0.1, -0.05) is 12.1 Å². The lowest BCUT2D eigenvalue weighted by Gasteiger charge is -2.20. The summed E-state index contributed by atoms with van der Waals surface area (Å²) in [4.78, 5) is 2.32. The highest BCUT2D eigenvalue weighted by Gasteiger charge is 1.99. The summed E-state index contributed by atoms with van der Waals surface area (Å²) in [6.45, 7) is 7.07. The average molecular weight is 178 g/mol. The molecular weight excluding hydrogens is 160 g/mol. The molecule has 0 saturated heterocycles. The lowest BCUT2D eigenvalue weighted by Crippen LogP contribution is -2.21. The van der Waals surface area contributed by atoms with Gasteiger partial charge in [-0.05, 0) is 31.5 Å². The van der Waals surface area contributed by atoms with E-state index in [0.717, 1.165) is 13.1 Å². The first-order valence-corrected chi connectivity index (χ1v) is 4.85. The van der Waals surface area contributed by atoms with Crippen molar-refractivity contribution in [2.75, 3.05) is 18.0 Å². The Hall–Kier alpha value is -1.02. The molecule has 0 radical (unpaired) electrons. The number of hydrogen-bond acceptors (Lipinski definition) is 2. The molecule has 2 N–H and O–H groups in total. The second-order valence-electron chi connectivity index (χ2n) is 3.04. The van der Waals surface area contributed by atoms with Crippen molar-refractivity contribution < 1.29 is 0 Å². The molecule has 2 nitrogen and oxygen atoms in total. The maximum absolute atomic E-state index is 5.53. The first-order valence-electron chi connectivity index (χ1n) is 4.85. The van der Waals surface area contributed by atoms with Crippen LogP contribution >= 0.6 is 0 Å². The molecule has 1 aromatic carbocycles. The van der Waals surface area contributed by atoms with Crippen LogP contribution in [0.1, 0.15) is 19.4 Å². The van der Waals surface area contributed by atoms with Crippen LogP contribution < -0.4 is 10.6 Å². The molecule has 0 atom stereocenters. The summed E-state index contributed by atoms with van der Waals surface area (Å²) < 4.78 is 0. The topological polar surface area (TPSA) is 29.3 Å². The van der Waals surface area contributed by atoms with Crippen molar-refractivity contribution in [1.29, 1.82) is 0 Å². The molecule has 1 aromatic rings. The maximum Gasteiger partial charge on any atom is 0.0366 e. The van der Waals surface area contributed by atoms with Gasteiger partial charge in [0.1, 0.15) is 0 Å². The number of hydrogen-bond donors (Lipinski definition) is 1. The van der Waals surface area contributed by atoms with Crippen molar-refractivity contribution in [3.8, 4) is 0 Å². The van der Waals surface area contributed by atoms with Crippen molar-refractivity contribution in [2.45, 2.75) is 20.4 Å². The Morgan fingerprint density at radius 3 is 2.00 bits per heavy atom. The van der Waals surface area contributed by atoms with Crippen LogP contribution in [0.4, 0.5) is 5.69 Å². The molecule has 0 saturated carbocycles. The summed E-state index contributed by atoms with van der Waals surface area (Å²) in [6.07, 6.45) is 0. The second kappa shape index (κ2) is 4.87. The minimum Gasteiger partial charge on any atom is -0.372 e. The molecule has 0 aliphatic carbocycles. The van der Waals surface area contributed by atoms with Crippen LogP contribution in [0, 0.1) is 0 Å². The minimum atomic E-state index is 0.624. The van der Waals surface area contributed by atoms with E-state index in [1.807, 2.05) is 0 Å². The van der Waals surface area contributed by atoms with E-state index in [1.165, 1.54) is 11.3 Å². The summed E-state index contributed by atoms with van der Waals surface area (Å²) in [5.74, 6) is 0. The highest BCUT2D eigenvalue weighted by molar-refractivity contribution is 5.47. The van der Waals surface area contributed by atoms with Gasteiger partial charge in [-0.15, -0.1) is 0 Å². The Labute approximate surface area is 80.4 Å². The van der Waals surface area contributed by atoms with Gasteiger partial charge >= 0.3 is 0 Å². The Bertz CT molecular complexity index is 237. The third-order valence-corrected chi connectivity index (χ3v) is 2.30.